The molecule has 0 radical (unpaired) electrons. The van der Waals surface area contributed by atoms with Crippen LogP contribution in [0.15, 0.2) is 42.5 Å². The van der Waals surface area contributed by atoms with Crippen LogP contribution in [-0.2, 0) is 11.8 Å². The molecule has 1 aromatic carbocycles. The Morgan fingerprint density at radius 3 is 2.85 bits per heavy atom. The lowest BCUT2D eigenvalue weighted by molar-refractivity contribution is -0.0248. The molecule has 5 rings (SSSR count). The van der Waals surface area contributed by atoms with Crippen molar-refractivity contribution in [1.29, 1.82) is 0 Å². The first-order valence-corrected chi connectivity index (χ1v) is 10.8. The number of nitrogens with zero attached hydrogens (tertiary/aromatic N) is 4. The minimum atomic E-state index is -0.350. The van der Waals surface area contributed by atoms with Crippen molar-refractivity contribution in [3.05, 3.63) is 70.9 Å². The van der Waals surface area contributed by atoms with Crippen molar-refractivity contribution in [3.63, 3.8) is 0 Å². The first-order valence-electron chi connectivity index (χ1n) is 10.8. The number of pyridine rings is 1. The van der Waals surface area contributed by atoms with E-state index < -0.39 is 0 Å². The molecule has 0 spiro atoms. The van der Waals surface area contributed by atoms with Crippen LogP contribution in [0.5, 0.6) is 0 Å². The summed E-state index contributed by atoms with van der Waals surface area (Å²) in [6.45, 7) is 5.07. The van der Waals surface area contributed by atoms with E-state index >= 15 is 0 Å². The maximum Gasteiger partial charge on any atom is 0.270 e. The van der Waals surface area contributed by atoms with Gasteiger partial charge < -0.3 is 19.9 Å². The van der Waals surface area contributed by atoms with Crippen LogP contribution in [0, 0.1) is 19.7 Å². The van der Waals surface area contributed by atoms with Gasteiger partial charge in [0.15, 0.2) is 5.82 Å². The lowest BCUT2D eigenvalue weighted by atomic mass is 10.1. The number of hydrogen-bond donors (Lipinski definition) is 2. The summed E-state index contributed by atoms with van der Waals surface area (Å²) in [4.78, 5) is 22.9. The van der Waals surface area contributed by atoms with Crippen molar-refractivity contribution in [1.82, 2.24) is 24.6 Å². The van der Waals surface area contributed by atoms with Gasteiger partial charge in [-0.05, 0) is 49.7 Å². The molecule has 3 aromatic heterocycles. The first kappa shape index (κ1) is 21.1. The number of hydrogen-bond acceptors (Lipinski definition) is 5. The summed E-state index contributed by atoms with van der Waals surface area (Å²) in [5, 5.41) is 8.34. The zero-order valence-corrected chi connectivity index (χ0v) is 18.7. The van der Waals surface area contributed by atoms with Gasteiger partial charge in [-0.15, -0.1) is 0 Å². The van der Waals surface area contributed by atoms with Crippen LogP contribution in [-0.4, -0.2) is 50.3 Å². The number of halogens is 1. The predicted molar refractivity (Wildman–Crippen MR) is 123 cm³/mol. The SMILES string of the molecule is Cc1c(C(=O)N2CCO[C@@H](c3cccc(Nc4cc(C)n(C)n4)n3)C2)[nH]c2ccc(F)cc12. The van der Waals surface area contributed by atoms with Crippen LogP contribution in [0.4, 0.5) is 16.0 Å². The maximum atomic E-state index is 13.7. The highest BCUT2D eigenvalue weighted by Crippen LogP contribution is 2.27. The number of morpholine rings is 1. The molecule has 1 aliphatic heterocycles. The molecule has 1 fully saturated rings. The zero-order chi connectivity index (χ0) is 23.1. The van der Waals surface area contributed by atoms with E-state index in [9.17, 15) is 9.18 Å². The Morgan fingerprint density at radius 2 is 2.06 bits per heavy atom. The average molecular weight is 449 g/mol. The number of carbonyl (C=O) groups excluding carboxylic acids is 1. The minimum Gasteiger partial charge on any atom is -0.368 e. The Morgan fingerprint density at radius 1 is 1.21 bits per heavy atom. The molecule has 0 bridgehead atoms. The van der Waals surface area contributed by atoms with Gasteiger partial charge in [0.1, 0.15) is 23.4 Å². The zero-order valence-electron chi connectivity index (χ0n) is 18.7. The van der Waals surface area contributed by atoms with Gasteiger partial charge in [0.25, 0.3) is 5.91 Å². The monoisotopic (exact) mass is 448 g/mol. The smallest absolute Gasteiger partial charge is 0.270 e. The van der Waals surface area contributed by atoms with Crippen molar-refractivity contribution < 1.29 is 13.9 Å². The molecule has 1 saturated heterocycles. The lowest BCUT2D eigenvalue weighted by Crippen LogP contribution is -2.42. The number of anilines is 2. The normalized spacial score (nSPS) is 16.4. The number of fused-ring (bicyclic) bond motifs is 1. The fraction of sp³-hybridized carbons (Fsp3) is 0.292. The molecule has 0 unspecified atom stereocenters. The third-order valence-electron chi connectivity index (χ3n) is 6.06. The molecule has 33 heavy (non-hydrogen) atoms. The van der Waals surface area contributed by atoms with Crippen LogP contribution in [0.1, 0.15) is 33.5 Å². The van der Waals surface area contributed by atoms with Gasteiger partial charge in [-0.3, -0.25) is 9.48 Å². The van der Waals surface area contributed by atoms with Gasteiger partial charge >= 0.3 is 0 Å². The Balaban J connectivity index is 1.35. The highest BCUT2D eigenvalue weighted by atomic mass is 19.1. The molecular weight excluding hydrogens is 423 g/mol. The highest BCUT2D eigenvalue weighted by molar-refractivity contribution is 6.01. The van der Waals surface area contributed by atoms with Crippen molar-refractivity contribution in [2.75, 3.05) is 25.0 Å². The molecule has 4 heterocycles. The van der Waals surface area contributed by atoms with Gasteiger partial charge in [-0.25, -0.2) is 9.37 Å². The van der Waals surface area contributed by atoms with E-state index in [2.05, 4.69) is 20.4 Å². The van der Waals surface area contributed by atoms with Crippen LogP contribution < -0.4 is 5.32 Å². The minimum absolute atomic E-state index is 0.129. The van der Waals surface area contributed by atoms with Crippen molar-refractivity contribution >= 4 is 28.4 Å². The van der Waals surface area contributed by atoms with E-state index in [1.54, 1.807) is 15.6 Å². The average Bonchev–Trinajstić information content (AvgIpc) is 3.31. The number of rotatable bonds is 4. The molecule has 1 amide bonds. The van der Waals surface area contributed by atoms with E-state index in [1.165, 1.54) is 12.1 Å². The Kier molecular flexibility index (Phi) is 5.33. The Labute approximate surface area is 190 Å². The van der Waals surface area contributed by atoms with Gasteiger partial charge in [-0.1, -0.05) is 6.07 Å². The van der Waals surface area contributed by atoms with Crippen molar-refractivity contribution in [2.45, 2.75) is 20.0 Å². The number of aryl methyl sites for hydroxylation is 3. The van der Waals surface area contributed by atoms with Gasteiger partial charge in [0, 0.05) is 36.3 Å². The quantitative estimate of drug-likeness (QED) is 0.493. The van der Waals surface area contributed by atoms with E-state index in [-0.39, 0.29) is 17.8 Å². The second-order valence-electron chi connectivity index (χ2n) is 8.29. The fourth-order valence-electron chi connectivity index (χ4n) is 4.14. The molecule has 0 saturated carbocycles. The van der Waals surface area contributed by atoms with E-state index in [0.717, 1.165) is 22.5 Å². The summed E-state index contributed by atoms with van der Waals surface area (Å²) in [5.74, 6) is 0.920. The topological polar surface area (TPSA) is 88.1 Å². The maximum absolute atomic E-state index is 13.7. The third-order valence-corrected chi connectivity index (χ3v) is 6.06. The summed E-state index contributed by atoms with van der Waals surface area (Å²) < 4.78 is 21.4. The molecule has 0 aliphatic carbocycles. The summed E-state index contributed by atoms with van der Waals surface area (Å²) in [6.07, 6.45) is -0.350. The number of aromatic nitrogens is 4. The molecule has 1 atom stereocenters. The van der Waals surface area contributed by atoms with Crippen LogP contribution in [0.3, 0.4) is 0 Å². The highest BCUT2D eigenvalue weighted by Gasteiger charge is 2.29. The second-order valence-corrected chi connectivity index (χ2v) is 8.29. The van der Waals surface area contributed by atoms with Crippen LogP contribution in [0.25, 0.3) is 10.9 Å². The molecule has 9 heteroatoms. The number of benzene rings is 1. The molecule has 8 nitrogen and oxygen atoms in total. The van der Waals surface area contributed by atoms with E-state index in [4.69, 9.17) is 4.74 Å². The number of carbonyl (C=O) groups is 1. The van der Waals surface area contributed by atoms with Crippen LogP contribution in [0.2, 0.25) is 0 Å². The third kappa shape index (κ3) is 4.07. The van der Waals surface area contributed by atoms with E-state index in [1.807, 2.05) is 45.2 Å². The summed E-state index contributed by atoms with van der Waals surface area (Å²) >= 11 is 0. The van der Waals surface area contributed by atoms with Gasteiger partial charge in [0.2, 0.25) is 0 Å². The van der Waals surface area contributed by atoms with E-state index in [0.29, 0.717) is 42.4 Å². The summed E-state index contributed by atoms with van der Waals surface area (Å²) in [5.41, 5.74) is 3.74. The molecule has 2 N–H and O–H groups in total. The number of aromatic amines is 1. The van der Waals surface area contributed by atoms with Gasteiger partial charge in [-0.2, -0.15) is 5.10 Å². The number of ether oxygens (including phenoxy) is 1. The van der Waals surface area contributed by atoms with Crippen molar-refractivity contribution in [3.8, 4) is 0 Å². The van der Waals surface area contributed by atoms with Crippen LogP contribution >= 0.6 is 0 Å². The lowest BCUT2D eigenvalue weighted by Gasteiger charge is -2.32. The molecule has 1 aliphatic rings. The molecule has 4 aromatic rings. The summed E-state index contributed by atoms with van der Waals surface area (Å²) in [6, 6.07) is 12.1. The standard InChI is InChI=1S/C24H25FN6O2/c1-14-11-22(29-30(14)3)28-21-6-4-5-19(26-21)20-13-31(9-10-33-20)24(32)23-15(2)17-12-16(25)7-8-18(17)27-23/h4-8,11-12,20,27H,9-10,13H2,1-3H3,(H,26,28,29)/t20-/m1/s1. The molecule has 170 valence electrons. The number of H-pyrrole nitrogens is 1. The fourth-order valence-corrected chi connectivity index (χ4v) is 4.14. The largest absolute Gasteiger partial charge is 0.368 e. The predicted octanol–water partition coefficient (Wildman–Crippen LogP) is 4.01. The Hall–Kier alpha value is -3.72. The first-order chi connectivity index (χ1) is 15.9. The number of amides is 1. The summed E-state index contributed by atoms with van der Waals surface area (Å²) in [7, 11) is 1.89. The second kappa shape index (κ2) is 8.32. The van der Waals surface area contributed by atoms with Gasteiger partial charge in [0.05, 0.1) is 18.8 Å². The molecular formula is C24H25FN6O2. The number of nitrogens with one attached hydrogen (secondary N) is 2. The Bertz CT molecular complexity index is 1320. The van der Waals surface area contributed by atoms with Crippen molar-refractivity contribution in [2.24, 2.45) is 7.05 Å².